The van der Waals surface area contributed by atoms with Crippen LogP contribution in [0.25, 0.3) is 0 Å². The number of hydrogen-bond acceptors (Lipinski definition) is 4. The van der Waals surface area contributed by atoms with E-state index in [2.05, 4.69) is 4.98 Å². The molecule has 2 saturated heterocycles. The fourth-order valence-electron chi connectivity index (χ4n) is 4.38. The minimum atomic E-state index is -0.337. The predicted octanol–water partition coefficient (Wildman–Crippen LogP) is 2.22. The molecule has 1 aromatic heterocycles. The minimum Gasteiger partial charge on any atom is -0.506 e. The summed E-state index contributed by atoms with van der Waals surface area (Å²) in [5, 5.41) is 9.57. The molecule has 2 aliphatic heterocycles. The van der Waals surface area contributed by atoms with Crippen molar-refractivity contribution in [3.63, 3.8) is 0 Å². The first-order valence-corrected chi connectivity index (χ1v) is 8.90. The zero-order valence-electron chi connectivity index (χ0n) is 14.9. The zero-order chi connectivity index (χ0) is 19.1. The Morgan fingerprint density at radius 3 is 2.70 bits per heavy atom. The standard InChI is InChI=1S/C20H20FN3O3/c1-12(25)24-10-15-9-23(20(27)14-6-17(26)8-22-7-14)11-18(15)19(24)13-3-2-4-16(21)5-13/h2-8,15,18-19,26H,9-11H2,1H3/t15-,18-,19+/m1/s1. The number of pyridine rings is 1. The van der Waals surface area contributed by atoms with E-state index < -0.39 is 0 Å². The van der Waals surface area contributed by atoms with Crippen LogP contribution in [0.2, 0.25) is 0 Å². The number of aromatic hydroxyl groups is 1. The smallest absolute Gasteiger partial charge is 0.255 e. The van der Waals surface area contributed by atoms with Gasteiger partial charge in [0.2, 0.25) is 5.91 Å². The van der Waals surface area contributed by atoms with Crippen molar-refractivity contribution in [2.24, 2.45) is 11.8 Å². The molecule has 3 heterocycles. The minimum absolute atomic E-state index is 0.0462. The van der Waals surface area contributed by atoms with E-state index in [1.165, 1.54) is 37.5 Å². The topological polar surface area (TPSA) is 73.7 Å². The second kappa shape index (κ2) is 6.64. The molecule has 0 radical (unpaired) electrons. The summed E-state index contributed by atoms with van der Waals surface area (Å²) < 4.78 is 13.8. The molecule has 0 unspecified atom stereocenters. The average molecular weight is 369 g/mol. The first-order chi connectivity index (χ1) is 12.9. The highest BCUT2D eigenvalue weighted by Crippen LogP contribution is 2.45. The Labute approximate surface area is 156 Å². The highest BCUT2D eigenvalue weighted by atomic mass is 19.1. The molecule has 27 heavy (non-hydrogen) atoms. The van der Waals surface area contributed by atoms with E-state index in [0.717, 1.165) is 5.56 Å². The summed E-state index contributed by atoms with van der Waals surface area (Å²) in [6.07, 6.45) is 2.71. The van der Waals surface area contributed by atoms with Crippen LogP contribution in [0.15, 0.2) is 42.7 Å². The van der Waals surface area contributed by atoms with Gasteiger partial charge in [0.15, 0.2) is 0 Å². The third kappa shape index (κ3) is 3.13. The number of rotatable bonds is 2. The van der Waals surface area contributed by atoms with Crippen molar-refractivity contribution in [3.05, 3.63) is 59.7 Å². The van der Waals surface area contributed by atoms with E-state index in [1.54, 1.807) is 15.9 Å². The van der Waals surface area contributed by atoms with Crippen LogP contribution in [0, 0.1) is 17.7 Å². The van der Waals surface area contributed by atoms with Gasteiger partial charge in [-0.15, -0.1) is 0 Å². The third-order valence-corrected chi connectivity index (χ3v) is 5.52. The summed E-state index contributed by atoms with van der Waals surface area (Å²) in [5.41, 5.74) is 1.09. The number of hydrogen-bond donors (Lipinski definition) is 1. The zero-order valence-corrected chi connectivity index (χ0v) is 14.9. The second-order valence-corrected chi connectivity index (χ2v) is 7.24. The maximum atomic E-state index is 13.8. The largest absolute Gasteiger partial charge is 0.506 e. The fraction of sp³-hybridized carbons (Fsp3) is 0.350. The lowest BCUT2D eigenvalue weighted by atomic mass is 9.89. The van der Waals surface area contributed by atoms with Gasteiger partial charge in [-0.25, -0.2) is 4.39 Å². The van der Waals surface area contributed by atoms with Gasteiger partial charge in [-0.3, -0.25) is 14.6 Å². The van der Waals surface area contributed by atoms with Gasteiger partial charge in [-0.2, -0.15) is 0 Å². The molecule has 7 heteroatoms. The van der Waals surface area contributed by atoms with Crippen LogP contribution in [-0.4, -0.2) is 51.3 Å². The average Bonchev–Trinajstić information content (AvgIpc) is 3.18. The van der Waals surface area contributed by atoms with Crippen LogP contribution < -0.4 is 0 Å². The van der Waals surface area contributed by atoms with Gasteiger partial charge in [0.05, 0.1) is 17.8 Å². The Bertz CT molecular complexity index is 904. The van der Waals surface area contributed by atoms with Gasteiger partial charge in [-0.05, 0) is 23.8 Å². The van der Waals surface area contributed by atoms with Crippen molar-refractivity contribution in [3.8, 4) is 5.75 Å². The van der Waals surface area contributed by atoms with Crippen molar-refractivity contribution in [1.82, 2.24) is 14.8 Å². The number of carbonyl (C=O) groups excluding carboxylic acids is 2. The van der Waals surface area contributed by atoms with Gasteiger partial charge in [0, 0.05) is 44.6 Å². The Hall–Kier alpha value is -2.96. The first-order valence-electron chi connectivity index (χ1n) is 8.90. The Morgan fingerprint density at radius 1 is 1.19 bits per heavy atom. The molecule has 0 saturated carbocycles. The normalized spacial score (nSPS) is 24.1. The number of aromatic nitrogens is 1. The van der Waals surface area contributed by atoms with E-state index in [9.17, 15) is 19.1 Å². The molecule has 6 nitrogen and oxygen atoms in total. The fourth-order valence-corrected chi connectivity index (χ4v) is 4.38. The van der Waals surface area contributed by atoms with Crippen LogP contribution in [-0.2, 0) is 4.79 Å². The Morgan fingerprint density at radius 2 is 2.00 bits per heavy atom. The Kier molecular flexibility index (Phi) is 4.30. The molecule has 1 aromatic carbocycles. The van der Waals surface area contributed by atoms with Crippen LogP contribution in [0.4, 0.5) is 4.39 Å². The highest BCUT2D eigenvalue weighted by Gasteiger charge is 2.49. The van der Waals surface area contributed by atoms with E-state index >= 15 is 0 Å². The SMILES string of the molecule is CC(=O)N1C[C@H]2CN(C(=O)c3cncc(O)c3)C[C@H]2[C@@H]1c1cccc(F)c1. The lowest BCUT2D eigenvalue weighted by molar-refractivity contribution is -0.130. The Balaban J connectivity index is 1.60. The van der Waals surface area contributed by atoms with Crippen molar-refractivity contribution < 1.29 is 19.1 Å². The van der Waals surface area contributed by atoms with Gasteiger partial charge in [-0.1, -0.05) is 12.1 Å². The highest BCUT2D eigenvalue weighted by molar-refractivity contribution is 5.94. The van der Waals surface area contributed by atoms with Gasteiger partial charge in [0.1, 0.15) is 11.6 Å². The summed E-state index contributed by atoms with van der Waals surface area (Å²) in [6, 6.07) is 7.47. The number of likely N-dealkylation sites (tertiary alicyclic amines) is 2. The van der Waals surface area contributed by atoms with Crippen molar-refractivity contribution in [2.45, 2.75) is 13.0 Å². The molecule has 1 N–H and O–H groups in total. The number of carbonyl (C=O) groups is 2. The van der Waals surface area contributed by atoms with Crippen LogP contribution in [0.5, 0.6) is 5.75 Å². The number of nitrogens with zero attached hydrogens (tertiary/aromatic N) is 3. The maximum absolute atomic E-state index is 13.8. The molecule has 0 aliphatic carbocycles. The van der Waals surface area contributed by atoms with E-state index in [0.29, 0.717) is 25.2 Å². The van der Waals surface area contributed by atoms with E-state index in [1.807, 2.05) is 6.07 Å². The summed E-state index contributed by atoms with van der Waals surface area (Å²) in [7, 11) is 0. The van der Waals surface area contributed by atoms with E-state index in [4.69, 9.17) is 0 Å². The number of amides is 2. The molecular weight excluding hydrogens is 349 g/mol. The summed E-state index contributed by atoms with van der Waals surface area (Å²) in [6.45, 7) is 3.07. The maximum Gasteiger partial charge on any atom is 0.255 e. The molecule has 140 valence electrons. The van der Waals surface area contributed by atoms with Crippen LogP contribution >= 0.6 is 0 Å². The van der Waals surface area contributed by atoms with Crippen LogP contribution in [0.3, 0.4) is 0 Å². The summed E-state index contributed by atoms with van der Waals surface area (Å²) in [4.78, 5) is 32.3. The molecule has 3 atom stereocenters. The molecule has 2 amide bonds. The van der Waals surface area contributed by atoms with Crippen molar-refractivity contribution in [1.29, 1.82) is 0 Å². The molecular formula is C20H20FN3O3. The number of benzene rings is 1. The molecule has 2 aliphatic rings. The quantitative estimate of drug-likeness (QED) is 0.881. The molecule has 2 aromatic rings. The van der Waals surface area contributed by atoms with Gasteiger partial charge >= 0.3 is 0 Å². The monoisotopic (exact) mass is 369 g/mol. The van der Waals surface area contributed by atoms with Crippen molar-refractivity contribution in [2.75, 3.05) is 19.6 Å². The first kappa shape index (κ1) is 17.5. The molecule has 2 fully saturated rings. The number of halogens is 1. The molecule has 0 bridgehead atoms. The molecule has 0 spiro atoms. The second-order valence-electron chi connectivity index (χ2n) is 7.24. The lowest BCUT2D eigenvalue weighted by Crippen LogP contribution is -2.36. The van der Waals surface area contributed by atoms with E-state index in [-0.39, 0.29) is 41.3 Å². The molecule has 4 rings (SSSR count). The third-order valence-electron chi connectivity index (χ3n) is 5.52. The predicted molar refractivity (Wildman–Crippen MR) is 95.3 cm³/mol. The summed E-state index contributed by atoms with van der Waals surface area (Å²) >= 11 is 0. The number of fused-ring (bicyclic) bond motifs is 1. The van der Waals surface area contributed by atoms with Crippen molar-refractivity contribution >= 4 is 11.8 Å². The lowest BCUT2D eigenvalue weighted by Gasteiger charge is -2.29. The van der Waals surface area contributed by atoms with Crippen LogP contribution in [0.1, 0.15) is 28.9 Å². The summed E-state index contributed by atoms with van der Waals surface area (Å²) in [5.74, 6) is -0.452. The van der Waals surface area contributed by atoms with Gasteiger partial charge < -0.3 is 14.9 Å². The van der Waals surface area contributed by atoms with Gasteiger partial charge in [0.25, 0.3) is 5.91 Å².